The van der Waals surface area contributed by atoms with E-state index < -0.39 is 6.04 Å². The van der Waals surface area contributed by atoms with E-state index in [0.717, 1.165) is 29.7 Å². The zero-order chi connectivity index (χ0) is 28.2. The number of carbonyl (C=O) groups excluding carboxylic acids is 2. The number of amides is 2. The van der Waals surface area contributed by atoms with Crippen LogP contribution in [0.15, 0.2) is 78.9 Å². The fourth-order valence-electron chi connectivity index (χ4n) is 5.43. The van der Waals surface area contributed by atoms with Gasteiger partial charge in [-0.1, -0.05) is 41.6 Å². The lowest BCUT2D eigenvalue weighted by Crippen LogP contribution is -2.52. The minimum absolute atomic E-state index is 0.0486. The second-order valence-electron chi connectivity index (χ2n) is 10.2. The molecule has 3 aromatic carbocycles. The van der Waals surface area contributed by atoms with Gasteiger partial charge in [-0.15, -0.1) is 5.10 Å². The number of aromatic nitrogens is 3. The first-order chi connectivity index (χ1) is 20.1. The van der Waals surface area contributed by atoms with Crippen molar-refractivity contribution in [2.75, 3.05) is 19.2 Å². The Kier molecular flexibility index (Phi) is 7.53. The van der Waals surface area contributed by atoms with Gasteiger partial charge in [0.1, 0.15) is 23.9 Å². The third-order valence-corrected chi connectivity index (χ3v) is 7.54. The Morgan fingerprint density at radius 2 is 1.90 bits per heavy atom. The summed E-state index contributed by atoms with van der Waals surface area (Å²) in [4.78, 5) is 29.9. The first-order valence-corrected chi connectivity index (χ1v) is 13.6. The van der Waals surface area contributed by atoms with Crippen molar-refractivity contribution in [1.82, 2.24) is 19.9 Å². The number of benzene rings is 3. The van der Waals surface area contributed by atoms with Crippen LogP contribution >= 0.6 is 0 Å². The molecule has 2 amide bonds. The number of carbonyl (C=O) groups is 2. The van der Waals surface area contributed by atoms with Crippen LogP contribution in [0, 0.1) is 5.92 Å². The number of nitrogens with one attached hydrogen (secondary N) is 1. The highest BCUT2D eigenvalue weighted by Crippen LogP contribution is 2.35. The first-order valence-electron chi connectivity index (χ1n) is 13.6. The minimum atomic E-state index is -0.727. The van der Waals surface area contributed by atoms with Gasteiger partial charge in [-0.25, -0.2) is 4.68 Å². The van der Waals surface area contributed by atoms with Gasteiger partial charge in [0.05, 0.1) is 12.6 Å². The highest BCUT2D eigenvalue weighted by molar-refractivity contribution is 5.98. The summed E-state index contributed by atoms with van der Waals surface area (Å²) >= 11 is 0. The molecule has 1 N–H and O–H groups in total. The number of methoxy groups -OCH3 is 1. The van der Waals surface area contributed by atoms with Gasteiger partial charge >= 0.3 is 0 Å². The van der Waals surface area contributed by atoms with E-state index in [4.69, 9.17) is 14.2 Å². The summed E-state index contributed by atoms with van der Waals surface area (Å²) in [6.45, 7) is 0.340. The van der Waals surface area contributed by atoms with E-state index >= 15 is 0 Å². The largest absolute Gasteiger partial charge is 0.497 e. The molecule has 10 nitrogen and oxygen atoms in total. The van der Waals surface area contributed by atoms with Crippen molar-refractivity contribution in [1.29, 1.82) is 0 Å². The summed E-state index contributed by atoms with van der Waals surface area (Å²) in [6.07, 6.45) is 6.54. The van der Waals surface area contributed by atoms with Gasteiger partial charge in [0, 0.05) is 18.3 Å². The van der Waals surface area contributed by atoms with E-state index in [2.05, 4.69) is 27.8 Å². The molecule has 0 fully saturated rings. The van der Waals surface area contributed by atoms with E-state index in [1.807, 2.05) is 48.5 Å². The van der Waals surface area contributed by atoms with E-state index in [-0.39, 0.29) is 37.6 Å². The number of para-hydroxylation sites is 1. The Hall–Kier alpha value is -4.86. The summed E-state index contributed by atoms with van der Waals surface area (Å²) in [5.74, 6) is 1.38. The van der Waals surface area contributed by atoms with Crippen molar-refractivity contribution in [3.8, 4) is 17.2 Å². The summed E-state index contributed by atoms with van der Waals surface area (Å²) < 4.78 is 17.8. The molecular weight excluding hydrogens is 522 g/mol. The molecule has 0 spiro atoms. The molecule has 0 radical (unpaired) electrons. The fourth-order valence-corrected chi connectivity index (χ4v) is 5.43. The maximum atomic E-state index is 14.2. The van der Waals surface area contributed by atoms with Crippen LogP contribution in [0.25, 0.3) is 11.0 Å². The fraction of sp³-hybridized carbons (Fsp3) is 0.290. The second kappa shape index (κ2) is 11.7. The summed E-state index contributed by atoms with van der Waals surface area (Å²) in [6, 6.07) is 19.6. The van der Waals surface area contributed by atoms with Gasteiger partial charge in [-0.05, 0) is 67.1 Å². The zero-order valence-corrected chi connectivity index (χ0v) is 22.7. The van der Waals surface area contributed by atoms with Crippen LogP contribution in [0.1, 0.15) is 24.8 Å². The first kappa shape index (κ1) is 26.4. The van der Waals surface area contributed by atoms with Crippen molar-refractivity contribution >= 4 is 28.5 Å². The molecule has 10 heteroatoms. The lowest BCUT2D eigenvalue weighted by molar-refractivity contribution is -0.142. The molecule has 4 aromatic rings. The summed E-state index contributed by atoms with van der Waals surface area (Å²) in [5, 5.41) is 11.5. The molecule has 210 valence electrons. The second-order valence-corrected chi connectivity index (χ2v) is 10.2. The normalized spacial score (nSPS) is 16.4. The highest BCUT2D eigenvalue weighted by atomic mass is 16.7. The standard InChI is InChI=1S/C31H31N5O5/c1-39-24-14-11-21(12-15-24)18-35(29(37)19-36-26-10-6-5-9-25(26)33-34-36)30(22-7-3-2-4-8-22)31(38)32-23-13-16-27-28(17-23)41-20-40-27/h2-3,5-6,9-17,22,30H,4,7-8,18-20H2,1H3,(H,32,38)/t22-,30+/m1/s1. The Balaban J connectivity index is 1.34. The molecule has 1 aliphatic carbocycles. The number of hydrogen-bond donors (Lipinski definition) is 1. The molecular formula is C31H31N5O5. The quantitative estimate of drug-likeness (QED) is 0.303. The van der Waals surface area contributed by atoms with Gasteiger partial charge in [-0.2, -0.15) is 0 Å². The number of fused-ring (bicyclic) bond motifs is 2. The van der Waals surface area contributed by atoms with Gasteiger partial charge in [0.2, 0.25) is 18.6 Å². The van der Waals surface area contributed by atoms with Crippen molar-refractivity contribution in [3.63, 3.8) is 0 Å². The van der Waals surface area contributed by atoms with Crippen LogP contribution in [0.5, 0.6) is 17.2 Å². The van der Waals surface area contributed by atoms with Crippen molar-refractivity contribution in [2.45, 2.75) is 38.4 Å². The average Bonchev–Trinajstić information content (AvgIpc) is 3.64. The zero-order valence-electron chi connectivity index (χ0n) is 22.7. The Morgan fingerprint density at radius 3 is 2.71 bits per heavy atom. The molecule has 0 unspecified atom stereocenters. The lowest BCUT2D eigenvalue weighted by Gasteiger charge is -2.37. The molecule has 0 saturated heterocycles. The van der Waals surface area contributed by atoms with Crippen molar-refractivity contribution in [3.05, 3.63) is 84.4 Å². The third-order valence-electron chi connectivity index (χ3n) is 7.54. The highest BCUT2D eigenvalue weighted by Gasteiger charge is 2.37. The molecule has 2 atom stereocenters. The smallest absolute Gasteiger partial charge is 0.247 e. The predicted octanol–water partition coefficient (Wildman–Crippen LogP) is 4.56. The van der Waals surface area contributed by atoms with Gasteiger partial charge < -0.3 is 24.4 Å². The van der Waals surface area contributed by atoms with Crippen LogP contribution in [-0.4, -0.2) is 51.7 Å². The average molecular weight is 554 g/mol. The Labute approximate surface area is 237 Å². The molecule has 6 rings (SSSR count). The monoisotopic (exact) mass is 553 g/mol. The predicted molar refractivity (Wildman–Crippen MR) is 153 cm³/mol. The Bertz CT molecular complexity index is 1580. The molecule has 2 aliphatic rings. The van der Waals surface area contributed by atoms with Crippen LogP contribution in [-0.2, 0) is 22.7 Å². The molecule has 1 aromatic heterocycles. The SMILES string of the molecule is COc1ccc(CN(C(=O)Cn2nnc3ccccc32)[C@H](C(=O)Nc2ccc3c(c2)OCO3)[C@@H]2CC=CCC2)cc1. The van der Waals surface area contributed by atoms with E-state index in [1.54, 1.807) is 34.9 Å². The van der Waals surface area contributed by atoms with Crippen LogP contribution in [0.2, 0.25) is 0 Å². The number of rotatable bonds is 9. The number of nitrogens with zero attached hydrogens (tertiary/aromatic N) is 4. The minimum Gasteiger partial charge on any atom is -0.497 e. The number of anilines is 1. The van der Waals surface area contributed by atoms with E-state index in [0.29, 0.717) is 29.1 Å². The topological polar surface area (TPSA) is 108 Å². The molecule has 1 aliphatic heterocycles. The van der Waals surface area contributed by atoms with Crippen molar-refractivity contribution < 1.29 is 23.8 Å². The van der Waals surface area contributed by atoms with Crippen molar-refractivity contribution in [2.24, 2.45) is 5.92 Å². The van der Waals surface area contributed by atoms with Crippen LogP contribution in [0.4, 0.5) is 5.69 Å². The Morgan fingerprint density at radius 1 is 1.07 bits per heavy atom. The number of hydrogen-bond acceptors (Lipinski definition) is 7. The molecule has 41 heavy (non-hydrogen) atoms. The van der Waals surface area contributed by atoms with Crippen LogP contribution in [0.3, 0.4) is 0 Å². The maximum Gasteiger partial charge on any atom is 0.247 e. The summed E-state index contributed by atoms with van der Waals surface area (Å²) in [7, 11) is 1.61. The van der Waals surface area contributed by atoms with Gasteiger partial charge in [0.15, 0.2) is 11.5 Å². The van der Waals surface area contributed by atoms with Crippen LogP contribution < -0.4 is 19.5 Å². The van der Waals surface area contributed by atoms with E-state index in [9.17, 15) is 9.59 Å². The molecule has 0 bridgehead atoms. The van der Waals surface area contributed by atoms with Gasteiger partial charge in [-0.3, -0.25) is 9.59 Å². The lowest BCUT2D eigenvalue weighted by atomic mass is 9.85. The number of ether oxygens (including phenoxy) is 3. The van der Waals surface area contributed by atoms with E-state index in [1.165, 1.54) is 0 Å². The number of allylic oxidation sites excluding steroid dienone is 2. The van der Waals surface area contributed by atoms with Gasteiger partial charge in [0.25, 0.3) is 0 Å². The maximum absolute atomic E-state index is 14.2. The molecule has 0 saturated carbocycles. The third kappa shape index (κ3) is 5.72. The molecule has 2 heterocycles. The summed E-state index contributed by atoms with van der Waals surface area (Å²) in [5.41, 5.74) is 2.92.